The third kappa shape index (κ3) is 3.09. The molecule has 0 radical (unpaired) electrons. The predicted octanol–water partition coefficient (Wildman–Crippen LogP) is 2.48. The van der Waals surface area contributed by atoms with Gasteiger partial charge in [0.25, 0.3) is 5.91 Å². The summed E-state index contributed by atoms with van der Waals surface area (Å²) >= 11 is 3.18. The van der Waals surface area contributed by atoms with Crippen molar-refractivity contribution in [2.24, 2.45) is 5.92 Å². The molecule has 1 fully saturated rings. The summed E-state index contributed by atoms with van der Waals surface area (Å²) in [5.74, 6) is -0.544. The van der Waals surface area contributed by atoms with Gasteiger partial charge in [-0.05, 0) is 53.2 Å². The molecule has 0 saturated heterocycles. The molecule has 1 atom stereocenters. The Bertz CT molecular complexity index is 428. The van der Waals surface area contributed by atoms with E-state index in [1.807, 2.05) is 0 Å². The fourth-order valence-corrected chi connectivity index (χ4v) is 2.54. The average Bonchev–Trinajstić information content (AvgIpc) is 3.12. The molecule has 0 heterocycles. The van der Waals surface area contributed by atoms with Crippen molar-refractivity contribution >= 4 is 21.8 Å². The van der Waals surface area contributed by atoms with E-state index in [1.54, 1.807) is 12.1 Å². The second-order valence-corrected chi connectivity index (χ2v) is 5.38. The third-order valence-electron chi connectivity index (χ3n) is 3.14. The number of hydrogen-bond donors (Lipinski definition) is 2. The summed E-state index contributed by atoms with van der Waals surface area (Å²) in [6, 6.07) is 4.38. The van der Waals surface area contributed by atoms with Gasteiger partial charge in [0.2, 0.25) is 0 Å². The van der Waals surface area contributed by atoms with Crippen LogP contribution in [0.25, 0.3) is 0 Å². The zero-order valence-corrected chi connectivity index (χ0v) is 11.4. The molecule has 1 amide bonds. The van der Waals surface area contributed by atoms with Crippen LogP contribution in [0.4, 0.5) is 4.39 Å². The maximum absolute atomic E-state index is 13.6. The zero-order valence-electron chi connectivity index (χ0n) is 9.83. The zero-order chi connectivity index (χ0) is 13.1. The Labute approximate surface area is 114 Å². The fourth-order valence-electron chi connectivity index (χ4n) is 2.02. The van der Waals surface area contributed by atoms with Gasteiger partial charge >= 0.3 is 0 Å². The highest BCUT2D eigenvalue weighted by Gasteiger charge is 2.32. The Hall–Kier alpha value is -0.940. The second-order valence-electron chi connectivity index (χ2n) is 4.53. The molecule has 98 valence electrons. The number of benzene rings is 1. The number of amides is 1. The fraction of sp³-hybridized carbons (Fsp3) is 0.462. The molecule has 1 aliphatic carbocycles. The lowest BCUT2D eigenvalue weighted by atomic mass is 10.1. The van der Waals surface area contributed by atoms with Crippen molar-refractivity contribution in [3.8, 4) is 0 Å². The van der Waals surface area contributed by atoms with Crippen LogP contribution in [0.2, 0.25) is 0 Å². The van der Waals surface area contributed by atoms with Gasteiger partial charge in [-0.15, -0.1) is 0 Å². The molecular weight excluding hydrogens is 301 g/mol. The topological polar surface area (TPSA) is 49.3 Å². The summed E-state index contributed by atoms with van der Waals surface area (Å²) in [5, 5.41) is 11.8. The van der Waals surface area contributed by atoms with Crippen molar-refractivity contribution in [3.05, 3.63) is 34.1 Å². The lowest BCUT2D eigenvalue weighted by Gasteiger charge is -2.17. The van der Waals surface area contributed by atoms with Crippen LogP contribution in [0.3, 0.4) is 0 Å². The maximum atomic E-state index is 13.6. The molecule has 0 aromatic heterocycles. The van der Waals surface area contributed by atoms with Gasteiger partial charge < -0.3 is 10.4 Å². The number of halogens is 2. The van der Waals surface area contributed by atoms with Crippen molar-refractivity contribution in [2.45, 2.75) is 25.3 Å². The van der Waals surface area contributed by atoms with Crippen LogP contribution in [0, 0.1) is 11.7 Å². The second kappa shape index (κ2) is 5.80. The van der Waals surface area contributed by atoms with Crippen molar-refractivity contribution in [2.75, 3.05) is 6.61 Å². The largest absolute Gasteiger partial charge is 0.396 e. The van der Waals surface area contributed by atoms with Crippen LogP contribution in [0.5, 0.6) is 0 Å². The van der Waals surface area contributed by atoms with Crippen molar-refractivity contribution in [1.29, 1.82) is 0 Å². The van der Waals surface area contributed by atoms with E-state index in [2.05, 4.69) is 21.2 Å². The first-order chi connectivity index (χ1) is 8.63. The van der Waals surface area contributed by atoms with Gasteiger partial charge in [0.15, 0.2) is 0 Å². The molecule has 0 bridgehead atoms. The average molecular weight is 316 g/mol. The molecule has 2 N–H and O–H groups in total. The summed E-state index contributed by atoms with van der Waals surface area (Å²) in [6.45, 7) is 0.0277. The lowest BCUT2D eigenvalue weighted by Crippen LogP contribution is -2.37. The summed E-state index contributed by atoms with van der Waals surface area (Å²) in [6.07, 6.45) is 2.63. The first kappa shape index (κ1) is 13.5. The molecule has 1 aliphatic rings. The maximum Gasteiger partial charge on any atom is 0.255 e. The van der Waals surface area contributed by atoms with Gasteiger partial charge in [-0.2, -0.15) is 0 Å². The first-order valence-corrected chi connectivity index (χ1v) is 6.78. The van der Waals surface area contributed by atoms with Gasteiger partial charge in [-0.1, -0.05) is 6.07 Å². The molecule has 1 aromatic rings. The van der Waals surface area contributed by atoms with E-state index in [-0.39, 0.29) is 18.2 Å². The molecule has 1 aromatic carbocycles. The standard InChI is InChI=1S/C13H15BrFNO2/c14-9-2-1-3-10(15)12(9)13(18)16-11(6-7-17)8-4-5-8/h1-3,8,11,17H,4-7H2,(H,16,18)/t11-/m0/s1. The van der Waals surface area contributed by atoms with Crippen LogP contribution < -0.4 is 5.32 Å². The number of nitrogens with one attached hydrogen (secondary N) is 1. The molecule has 3 nitrogen and oxygen atoms in total. The van der Waals surface area contributed by atoms with Gasteiger partial charge in [-0.3, -0.25) is 4.79 Å². The van der Waals surface area contributed by atoms with Crippen LogP contribution in [0.15, 0.2) is 22.7 Å². The molecule has 0 unspecified atom stereocenters. The third-order valence-corrected chi connectivity index (χ3v) is 3.80. The minimum Gasteiger partial charge on any atom is -0.396 e. The SMILES string of the molecule is O=C(N[C@@H](CCO)C1CC1)c1c(F)cccc1Br. The molecule has 0 aliphatic heterocycles. The van der Waals surface area contributed by atoms with Crippen molar-refractivity contribution in [3.63, 3.8) is 0 Å². The molecule has 5 heteroatoms. The van der Waals surface area contributed by atoms with Gasteiger partial charge in [0.05, 0.1) is 5.56 Å². The molecule has 2 rings (SSSR count). The van der Waals surface area contributed by atoms with E-state index < -0.39 is 11.7 Å². The number of aliphatic hydroxyl groups is 1. The summed E-state index contributed by atoms with van der Waals surface area (Å²) in [7, 11) is 0. The van der Waals surface area contributed by atoms with Crippen molar-refractivity contribution in [1.82, 2.24) is 5.32 Å². The van der Waals surface area contributed by atoms with Gasteiger partial charge in [0.1, 0.15) is 5.82 Å². The van der Waals surface area contributed by atoms with E-state index in [0.717, 1.165) is 12.8 Å². The van der Waals surface area contributed by atoms with Crippen LogP contribution in [-0.4, -0.2) is 23.7 Å². The predicted molar refractivity (Wildman–Crippen MR) is 69.8 cm³/mol. The first-order valence-electron chi connectivity index (χ1n) is 5.99. The number of aliphatic hydroxyl groups excluding tert-OH is 1. The molecule has 1 saturated carbocycles. The highest BCUT2D eigenvalue weighted by molar-refractivity contribution is 9.10. The summed E-state index contributed by atoms with van der Waals surface area (Å²) in [4.78, 5) is 12.0. The Kier molecular flexibility index (Phi) is 4.35. The highest BCUT2D eigenvalue weighted by atomic mass is 79.9. The summed E-state index contributed by atoms with van der Waals surface area (Å²) < 4.78 is 14.1. The number of rotatable bonds is 5. The minimum absolute atomic E-state index is 0.0277. The molecule has 18 heavy (non-hydrogen) atoms. The Morgan fingerprint density at radius 2 is 2.28 bits per heavy atom. The Morgan fingerprint density at radius 3 is 2.83 bits per heavy atom. The monoisotopic (exact) mass is 315 g/mol. The normalized spacial score (nSPS) is 16.4. The van der Waals surface area contributed by atoms with Crippen LogP contribution in [0.1, 0.15) is 29.6 Å². The van der Waals surface area contributed by atoms with Crippen LogP contribution in [-0.2, 0) is 0 Å². The number of hydrogen-bond acceptors (Lipinski definition) is 2. The highest BCUT2D eigenvalue weighted by Crippen LogP contribution is 2.34. The van der Waals surface area contributed by atoms with E-state index >= 15 is 0 Å². The van der Waals surface area contributed by atoms with E-state index in [9.17, 15) is 9.18 Å². The minimum atomic E-state index is -0.541. The van der Waals surface area contributed by atoms with Gasteiger partial charge in [0, 0.05) is 17.1 Å². The number of carbonyl (C=O) groups excluding carboxylic acids is 1. The van der Waals surface area contributed by atoms with Crippen LogP contribution >= 0.6 is 15.9 Å². The molecular formula is C13H15BrFNO2. The van der Waals surface area contributed by atoms with E-state index in [4.69, 9.17) is 5.11 Å². The summed E-state index contributed by atoms with van der Waals surface area (Å²) in [5.41, 5.74) is 0.0288. The quantitative estimate of drug-likeness (QED) is 0.877. The van der Waals surface area contributed by atoms with Crippen molar-refractivity contribution < 1.29 is 14.3 Å². The van der Waals surface area contributed by atoms with E-state index in [1.165, 1.54) is 6.07 Å². The Morgan fingerprint density at radius 1 is 1.56 bits per heavy atom. The Balaban J connectivity index is 2.10. The van der Waals surface area contributed by atoms with E-state index in [0.29, 0.717) is 16.8 Å². The lowest BCUT2D eigenvalue weighted by molar-refractivity contribution is 0.0919. The molecule has 0 spiro atoms. The van der Waals surface area contributed by atoms with Gasteiger partial charge in [-0.25, -0.2) is 4.39 Å². The number of carbonyl (C=O) groups is 1. The smallest absolute Gasteiger partial charge is 0.255 e.